The van der Waals surface area contributed by atoms with Gasteiger partial charge in [0.1, 0.15) is 0 Å². The fourth-order valence-corrected chi connectivity index (χ4v) is 4.36. The molecule has 1 aliphatic rings. The Balaban J connectivity index is 2.62. The molecule has 1 fully saturated rings. The normalized spacial score (nSPS) is 27.8. The van der Waals surface area contributed by atoms with Crippen LogP contribution in [0.2, 0.25) is 0 Å². The lowest BCUT2D eigenvalue weighted by atomic mass is 9.87. The molecule has 0 aromatic rings. The molecule has 4 heteroatoms. The molecule has 3 nitrogen and oxygen atoms in total. The van der Waals surface area contributed by atoms with Gasteiger partial charge in [0.2, 0.25) is 0 Å². The molecule has 0 aromatic heterocycles. The predicted octanol–water partition coefficient (Wildman–Crippen LogP) is 1.84. The zero-order valence-corrected chi connectivity index (χ0v) is 11.5. The fraction of sp³-hybridized carbons (Fsp3) is 1.00. The number of rotatable bonds is 6. The summed E-state index contributed by atoms with van der Waals surface area (Å²) in [6.07, 6.45) is 3.05. The van der Waals surface area contributed by atoms with Crippen molar-refractivity contribution in [2.24, 2.45) is 11.8 Å². The molecule has 16 heavy (non-hydrogen) atoms. The summed E-state index contributed by atoms with van der Waals surface area (Å²) in [5, 5.41) is 3.54. The van der Waals surface area contributed by atoms with E-state index in [1.807, 2.05) is 0 Å². The van der Waals surface area contributed by atoms with Crippen LogP contribution in [-0.4, -0.2) is 32.5 Å². The van der Waals surface area contributed by atoms with Crippen LogP contribution in [0.3, 0.4) is 0 Å². The van der Waals surface area contributed by atoms with Gasteiger partial charge in [-0.05, 0) is 31.2 Å². The van der Waals surface area contributed by atoms with Crippen molar-refractivity contribution in [2.75, 3.05) is 18.1 Å². The SMILES string of the molecule is CCCNC(C(C)CC)C1CCS(=O)(=O)C1. The molecule has 0 spiro atoms. The molecule has 0 aliphatic carbocycles. The second kappa shape index (κ2) is 6.01. The number of hydrogen-bond donors (Lipinski definition) is 1. The largest absolute Gasteiger partial charge is 0.313 e. The molecule has 0 bridgehead atoms. The first-order chi connectivity index (χ1) is 7.50. The minimum Gasteiger partial charge on any atom is -0.313 e. The van der Waals surface area contributed by atoms with Crippen LogP contribution in [0.4, 0.5) is 0 Å². The smallest absolute Gasteiger partial charge is 0.150 e. The van der Waals surface area contributed by atoms with Crippen molar-refractivity contribution in [2.45, 2.75) is 46.1 Å². The number of hydrogen-bond acceptors (Lipinski definition) is 3. The third-order valence-electron chi connectivity index (χ3n) is 3.66. The Morgan fingerprint density at radius 1 is 1.38 bits per heavy atom. The van der Waals surface area contributed by atoms with Gasteiger partial charge in [0.15, 0.2) is 9.84 Å². The Labute approximate surface area is 99.9 Å². The Bertz CT molecular complexity index is 300. The van der Waals surface area contributed by atoms with Crippen LogP contribution >= 0.6 is 0 Å². The van der Waals surface area contributed by atoms with Crippen LogP contribution in [0.25, 0.3) is 0 Å². The highest BCUT2D eigenvalue weighted by Gasteiger charge is 2.35. The van der Waals surface area contributed by atoms with Crippen LogP contribution in [0.5, 0.6) is 0 Å². The van der Waals surface area contributed by atoms with Gasteiger partial charge in [-0.15, -0.1) is 0 Å². The lowest BCUT2D eigenvalue weighted by Gasteiger charge is -2.29. The molecular weight excluding hydrogens is 222 g/mol. The first-order valence-corrected chi connectivity index (χ1v) is 8.26. The van der Waals surface area contributed by atoms with Crippen molar-refractivity contribution in [3.8, 4) is 0 Å². The monoisotopic (exact) mass is 247 g/mol. The van der Waals surface area contributed by atoms with Gasteiger partial charge >= 0.3 is 0 Å². The third kappa shape index (κ3) is 3.74. The van der Waals surface area contributed by atoms with E-state index in [-0.39, 0.29) is 0 Å². The van der Waals surface area contributed by atoms with Crippen LogP contribution in [0.15, 0.2) is 0 Å². The van der Waals surface area contributed by atoms with E-state index in [9.17, 15) is 8.42 Å². The van der Waals surface area contributed by atoms with Gasteiger partial charge in [-0.3, -0.25) is 0 Å². The van der Waals surface area contributed by atoms with Gasteiger partial charge in [-0.1, -0.05) is 27.2 Å². The minimum atomic E-state index is -2.75. The average Bonchev–Trinajstić information content (AvgIpc) is 2.59. The topological polar surface area (TPSA) is 46.2 Å². The molecule has 1 heterocycles. The summed E-state index contributed by atoms with van der Waals surface area (Å²) in [6.45, 7) is 7.53. The molecule has 0 saturated carbocycles. The Morgan fingerprint density at radius 3 is 2.50 bits per heavy atom. The summed E-state index contributed by atoms with van der Waals surface area (Å²) in [5.74, 6) is 1.66. The first kappa shape index (κ1) is 14.0. The van der Waals surface area contributed by atoms with E-state index in [2.05, 4.69) is 26.1 Å². The molecule has 1 aliphatic heterocycles. The van der Waals surface area contributed by atoms with E-state index in [0.29, 0.717) is 29.4 Å². The maximum atomic E-state index is 11.5. The summed E-state index contributed by atoms with van der Waals surface area (Å²) in [5.41, 5.74) is 0. The second-order valence-electron chi connectivity index (χ2n) is 5.03. The van der Waals surface area contributed by atoms with Crippen LogP contribution in [-0.2, 0) is 9.84 Å². The molecular formula is C12H25NO2S. The number of nitrogens with one attached hydrogen (secondary N) is 1. The molecule has 1 N–H and O–H groups in total. The predicted molar refractivity (Wildman–Crippen MR) is 68.3 cm³/mol. The average molecular weight is 247 g/mol. The fourth-order valence-electron chi connectivity index (χ4n) is 2.50. The Kier molecular flexibility index (Phi) is 5.25. The third-order valence-corrected chi connectivity index (χ3v) is 5.46. The summed E-state index contributed by atoms with van der Waals surface area (Å²) in [7, 11) is -2.75. The summed E-state index contributed by atoms with van der Waals surface area (Å²) < 4.78 is 23.0. The van der Waals surface area contributed by atoms with E-state index in [1.165, 1.54) is 0 Å². The molecule has 1 saturated heterocycles. The van der Waals surface area contributed by atoms with Crippen LogP contribution < -0.4 is 5.32 Å². The van der Waals surface area contributed by atoms with Gasteiger partial charge in [0.25, 0.3) is 0 Å². The Hall–Kier alpha value is -0.0900. The van der Waals surface area contributed by atoms with Crippen molar-refractivity contribution in [1.29, 1.82) is 0 Å². The first-order valence-electron chi connectivity index (χ1n) is 6.44. The molecule has 1 rings (SSSR count). The summed E-state index contributed by atoms with van der Waals surface area (Å²) >= 11 is 0. The highest BCUT2D eigenvalue weighted by Crippen LogP contribution is 2.27. The van der Waals surface area contributed by atoms with E-state index in [4.69, 9.17) is 0 Å². The molecule has 3 unspecified atom stereocenters. The van der Waals surface area contributed by atoms with Crippen LogP contribution in [0.1, 0.15) is 40.0 Å². The maximum Gasteiger partial charge on any atom is 0.150 e. The second-order valence-corrected chi connectivity index (χ2v) is 7.26. The van der Waals surface area contributed by atoms with E-state index in [0.717, 1.165) is 25.8 Å². The zero-order valence-electron chi connectivity index (χ0n) is 10.7. The van der Waals surface area contributed by atoms with Gasteiger partial charge in [0.05, 0.1) is 11.5 Å². The van der Waals surface area contributed by atoms with E-state index >= 15 is 0 Å². The number of sulfone groups is 1. The van der Waals surface area contributed by atoms with Gasteiger partial charge < -0.3 is 5.32 Å². The standard InChI is InChI=1S/C12H25NO2S/c1-4-7-13-12(10(3)5-2)11-6-8-16(14,15)9-11/h10-13H,4-9H2,1-3H3. The summed E-state index contributed by atoms with van der Waals surface area (Å²) in [6, 6.07) is 0.377. The van der Waals surface area contributed by atoms with Crippen molar-refractivity contribution < 1.29 is 8.42 Å². The molecule has 0 radical (unpaired) electrons. The molecule has 96 valence electrons. The van der Waals surface area contributed by atoms with Crippen molar-refractivity contribution in [3.63, 3.8) is 0 Å². The van der Waals surface area contributed by atoms with Crippen molar-refractivity contribution in [1.82, 2.24) is 5.32 Å². The highest BCUT2D eigenvalue weighted by atomic mass is 32.2. The van der Waals surface area contributed by atoms with Gasteiger partial charge in [-0.25, -0.2) is 8.42 Å². The van der Waals surface area contributed by atoms with Crippen molar-refractivity contribution >= 4 is 9.84 Å². The maximum absolute atomic E-state index is 11.5. The van der Waals surface area contributed by atoms with Crippen molar-refractivity contribution in [3.05, 3.63) is 0 Å². The lowest BCUT2D eigenvalue weighted by molar-refractivity contribution is 0.282. The highest BCUT2D eigenvalue weighted by molar-refractivity contribution is 7.91. The van der Waals surface area contributed by atoms with E-state index in [1.54, 1.807) is 0 Å². The van der Waals surface area contributed by atoms with Gasteiger partial charge in [0, 0.05) is 6.04 Å². The van der Waals surface area contributed by atoms with Gasteiger partial charge in [-0.2, -0.15) is 0 Å². The lowest BCUT2D eigenvalue weighted by Crippen LogP contribution is -2.42. The minimum absolute atomic E-state index is 0.325. The zero-order chi connectivity index (χ0) is 12.2. The Morgan fingerprint density at radius 2 is 2.06 bits per heavy atom. The molecule has 3 atom stereocenters. The summed E-state index contributed by atoms with van der Waals surface area (Å²) in [4.78, 5) is 0. The quantitative estimate of drug-likeness (QED) is 0.779. The molecule has 0 aromatic carbocycles. The van der Waals surface area contributed by atoms with Crippen LogP contribution in [0, 0.1) is 11.8 Å². The molecule has 0 amide bonds. The van der Waals surface area contributed by atoms with E-state index < -0.39 is 9.84 Å².